The van der Waals surface area contributed by atoms with E-state index < -0.39 is 13.9 Å². The van der Waals surface area contributed by atoms with Crippen LogP contribution in [-0.4, -0.2) is 26.5 Å². The van der Waals surface area contributed by atoms with Gasteiger partial charge in [-0.05, 0) is 56.3 Å². The maximum atomic E-state index is 13.3. The Labute approximate surface area is 180 Å². The second-order valence-electron chi connectivity index (χ2n) is 12.8. The maximum absolute atomic E-state index is 13.3. The van der Waals surface area contributed by atoms with Crippen LogP contribution in [0.4, 0.5) is 0 Å². The molecular weight excluding hydrogens is 376 g/mol. The van der Waals surface area contributed by atoms with E-state index in [4.69, 9.17) is 9.16 Å². The molecule has 2 rings (SSSR count). The smallest absolute Gasteiger partial charge is 0.335 e. The van der Waals surface area contributed by atoms with Crippen molar-refractivity contribution in [1.29, 1.82) is 0 Å². The van der Waals surface area contributed by atoms with Gasteiger partial charge in [0.2, 0.25) is 0 Å². The van der Waals surface area contributed by atoms with Crippen molar-refractivity contribution in [2.75, 3.05) is 6.61 Å². The van der Waals surface area contributed by atoms with Gasteiger partial charge in [-0.1, -0.05) is 60.6 Å². The Balaban J connectivity index is 2.51. The molecule has 2 aliphatic carbocycles. The molecule has 1 saturated carbocycles. The van der Waals surface area contributed by atoms with Gasteiger partial charge in [-0.2, -0.15) is 0 Å². The zero-order valence-corrected chi connectivity index (χ0v) is 21.9. The van der Waals surface area contributed by atoms with Gasteiger partial charge in [0.1, 0.15) is 5.60 Å². The third-order valence-corrected chi connectivity index (χ3v) is 11.6. The highest BCUT2D eigenvalue weighted by Crippen LogP contribution is 2.60. The molecule has 0 aliphatic heterocycles. The quantitative estimate of drug-likeness (QED) is 0.282. The van der Waals surface area contributed by atoms with Gasteiger partial charge < -0.3 is 9.16 Å². The third kappa shape index (κ3) is 4.90. The van der Waals surface area contributed by atoms with E-state index >= 15 is 0 Å². The average molecular weight is 421 g/mol. The lowest BCUT2D eigenvalue weighted by atomic mass is 9.73. The first kappa shape index (κ1) is 24.4. The molecule has 3 atom stereocenters. The van der Waals surface area contributed by atoms with Crippen LogP contribution in [0.5, 0.6) is 0 Å². The van der Waals surface area contributed by atoms with Crippen LogP contribution >= 0.6 is 0 Å². The molecule has 166 valence electrons. The summed E-state index contributed by atoms with van der Waals surface area (Å²) in [7, 11) is -1.88. The standard InChI is InChI=1S/C25H44O3Si/c1-17-13-14-18-20(19(17)21(26)28-22(2,3)4)25(10,15-24(18,8)9)16-27-29(11,12)23(5,6)7/h13-14,17-18H,15-16H2,1-12H3. The van der Waals surface area contributed by atoms with Crippen molar-refractivity contribution in [2.45, 2.75) is 99.4 Å². The first-order valence-corrected chi connectivity index (χ1v) is 14.0. The maximum Gasteiger partial charge on any atom is 0.335 e. The molecule has 0 radical (unpaired) electrons. The summed E-state index contributed by atoms with van der Waals surface area (Å²) in [6.07, 6.45) is 5.53. The number of ether oxygens (including phenoxy) is 1. The molecule has 4 heteroatoms. The van der Waals surface area contributed by atoms with Gasteiger partial charge in [0, 0.05) is 29.4 Å². The molecule has 0 aromatic rings. The Kier molecular flexibility index (Phi) is 6.20. The summed E-state index contributed by atoms with van der Waals surface area (Å²) in [6, 6.07) is 0. The number of rotatable bonds is 4. The fraction of sp³-hybridized carbons (Fsp3) is 0.800. The lowest BCUT2D eigenvalue weighted by Gasteiger charge is -2.40. The molecule has 0 heterocycles. The zero-order valence-electron chi connectivity index (χ0n) is 20.9. The van der Waals surface area contributed by atoms with Crippen molar-refractivity contribution in [3.63, 3.8) is 0 Å². The number of carbonyl (C=O) groups is 1. The first-order chi connectivity index (χ1) is 12.8. The van der Waals surface area contributed by atoms with Gasteiger partial charge in [-0.3, -0.25) is 0 Å². The van der Waals surface area contributed by atoms with Crippen LogP contribution < -0.4 is 0 Å². The van der Waals surface area contributed by atoms with E-state index in [-0.39, 0.29) is 33.7 Å². The van der Waals surface area contributed by atoms with Crippen molar-refractivity contribution in [2.24, 2.45) is 22.7 Å². The summed E-state index contributed by atoms with van der Waals surface area (Å²) in [5.74, 6) is 0.164. The van der Waals surface area contributed by atoms with Crippen molar-refractivity contribution < 1.29 is 14.0 Å². The normalized spacial score (nSPS) is 29.8. The second kappa shape index (κ2) is 7.37. The van der Waals surface area contributed by atoms with Gasteiger partial charge in [-0.15, -0.1) is 0 Å². The minimum atomic E-state index is -1.88. The number of hydrogen-bond acceptors (Lipinski definition) is 3. The number of allylic oxidation sites excluding steroid dienone is 2. The summed E-state index contributed by atoms with van der Waals surface area (Å²) in [5, 5.41) is 0.166. The molecule has 0 spiro atoms. The van der Waals surface area contributed by atoms with Crippen LogP contribution in [0.25, 0.3) is 0 Å². The van der Waals surface area contributed by atoms with Gasteiger partial charge in [0.25, 0.3) is 0 Å². The molecule has 29 heavy (non-hydrogen) atoms. The van der Waals surface area contributed by atoms with Crippen LogP contribution in [0.3, 0.4) is 0 Å². The largest absolute Gasteiger partial charge is 0.457 e. The predicted molar refractivity (Wildman–Crippen MR) is 124 cm³/mol. The predicted octanol–water partition coefficient (Wildman–Crippen LogP) is 6.90. The summed E-state index contributed by atoms with van der Waals surface area (Å²) in [6.45, 7) is 27.0. The van der Waals surface area contributed by atoms with E-state index in [0.717, 1.165) is 12.0 Å². The van der Waals surface area contributed by atoms with Crippen LogP contribution in [0.15, 0.2) is 23.3 Å². The van der Waals surface area contributed by atoms with E-state index in [1.165, 1.54) is 5.57 Å². The van der Waals surface area contributed by atoms with E-state index in [0.29, 0.717) is 6.61 Å². The van der Waals surface area contributed by atoms with E-state index in [2.05, 4.69) is 73.7 Å². The van der Waals surface area contributed by atoms with Crippen molar-refractivity contribution in [3.05, 3.63) is 23.3 Å². The highest BCUT2D eigenvalue weighted by atomic mass is 28.4. The van der Waals surface area contributed by atoms with Crippen molar-refractivity contribution in [1.82, 2.24) is 0 Å². The molecule has 2 aliphatic rings. The van der Waals surface area contributed by atoms with Crippen LogP contribution in [0.2, 0.25) is 18.1 Å². The average Bonchev–Trinajstić information content (AvgIpc) is 2.69. The first-order valence-electron chi connectivity index (χ1n) is 11.1. The molecule has 1 fully saturated rings. The Hall–Kier alpha value is -0.873. The van der Waals surface area contributed by atoms with Gasteiger partial charge in [0.05, 0.1) is 0 Å². The molecule has 0 aromatic heterocycles. The van der Waals surface area contributed by atoms with Gasteiger partial charge >= 0.3 is 5.97 Å². The zero-order chi connectivity index (χ0) is 22.6. The van der Waals surface area contributed by atoms with E-state index in [1.807, 2.05) is 20.8 Å². The number of esters is 1. The Morgan fingerprint density at radius 1 is 1.10 bits per heavy atom. The van der Waals surface area contributed by atoms with Crippen LogP contribution in [0, 0.1) is 22.7 Å². The highest BCUT2D eigenvalue weighted by Gasteiger charge is 2.54. The summed E-state index contributed by atoms with van der Waals surface area (Å²) >= 11 is 0. The Bertz CT molecular complexity index is 715. The highest BCUT2D eigenvalue weighted by molar-refractivity contribution is 6.74. The molecule has 0 amide bonds. The molecule has 3 nitrogen and oxygen atoms in total. The fourth-order valence-electron chi connectivity index (χ4n) is 4.76. The van der Waals surface area contributed by atoms with Crippen molar-refractivity contribution in [3.8, 4) is 0 Å². The summed E-state index contributed by atoms with van der Waals surface area (Å²) in [5.41, 5.74) is 1.55. The lowest BCUT2D eigenvalue weighted by Crippen LogP contribution is -2.44. The molecule has 3 unspecified atom stereocenters. The third-order valence-electron chi connectivity index (χ3n) is 7.16. The van der Waals surface area contributed by atoms with E-state index in [1.54, 1.807) is 0 Å². The molecule has 0 N–H and O–H groups in total. The monoisotopic (exact) mass is 420 g/mol. The summed E-state index contributed by atoms with van der Waals surface area (Å²) in [4.78, 5) is 13.3. The number of fused-ring (bicyclic) bond motifs is 1. The minimum absolute atomic E-state index is 0.0668. The minimum Gasteiger partial charge on any atom is -0.457 e. The number of hydrogen-bond donors (Lipinski definition) is 0. The lowest BCUT2D eigenvalue weighted by molar-refractivity contribution is -0.150. The molecular formula is C25H44O3Si. The Morgan fingerprint density at radius 2 is 1.66 bits per heavy atom. The Morgan fingerprint density at radius 3 is 2.14 bits per heavy atom. The SMILES string of the molecule is CC1C=CC2C(=C1C(=O)OC(C)(C)C)C(C)(CO[Si](C)(C)C(C)(C)C)CC2(C)C. The molecule has 0 bridgehead atoms. The van der Waals surface area contributed by atoms with Gasteiger partial charge in [0.15, 0.2) is 8.32 Å². The topological polar surface area (TPSA) is 35.5 Å². The fourth-order valence-corrected chi connectivity index (χ4v) is 5.87. The van der Waals surface area contributed by atoms with Crippen LogP contribution in [0.1, 0.15) is 75.7 Å². The number of carbonyl (C=O) groups excluding carboxylic acids is 1. The molecule has 0 saturated heterocycles. The second-order valence-corrected chi connectivity index (χ2v) is 17.6. The van der Waals surface area contributed by atoms with Crippen molar-refractivity contribution >= 4 is 14.3 Å². The summed E-state index contributed by atoms with van der Waals surface area (Å²) < 4.78 is 12.6. The van der Waals surface area contributed by atoms with E-state index in [9.17, 15) is 4.79 Å². The van der Waals surface area contributed by atoms with Crippen LogP contribution in [-0.2, 0) is 14.0 Å². The van der Waals surface area contributed by atoms with Gasteiger partial charge in [-0.25, -0.2) is 4.79 Å². The molecule has 0 aromatic carbocycles.